The number of hydrogen-bond acceptors (Lipinski definition) is 5. The second kappa shape index (κ2) is 5.87. The average Bonchev–Trinajstić information content (AvgIpc) is 2.83. The van der Waals surface area contributed by atoms with Gasteiger partial charge in [0.2, 0.25) is 0 Å². The summed E-state index contributed by atoms with van der Waals surface area (Å²) in [5, 5.41) is 1.53. The zero-order chi connectivity index (χ0) is 14.8. The fraction of sp³-hybridized carbons (Fsp3) is 0.250. The van der Waals surface area contributed by atoms with E-state index in [0.29, 0.717) is 5.22 Å². The summed E-state index contributed by atoms with van der Waals surface area (Å²) in [6.45, 7) is 4.04. The van der Waals surface area contributed by atoms with Gasteiger partial charge in [0.05, 0.1) is 0 Å². The lowest BCUT2D eigenvalue weighted by Gasteiger charge is -2.07. The predicted molar refractivity (Wildman–Crippen MR) is 84.5 cm³/mol. The van der Waals surface area contributed by atoms with Crippen molar-refractivity contribution in [3.63, 3.8) is 0 Å². The number of oxazole rings is 1. The van der Waals surface area contributed by atoms with Crippen LogP contribution < -0.4 is 5.73 Å². The molecule has 0 aliphatic carbocycles. The van der Waals surface area contributed by atoms with E-state index < -0.39 is 0 Å². The Bertz CT molecular complexity index is 734. The highest BCUT2D eigenvalue weighted by molar-refractivity contribution is 7.99. The summed E-state index contributed by atoms with van der Waals surface area (Å²) in [7, 11) is 0. The molecule has 0 spiro atoms. The van der Waals surface area contributed by atoms with Crippen LogP contribution in [0.1, 0.15) is 18.1 Å². The Labute approximate surface area is 127 Å². The molecule has 2 N–H and O–H groups in total. The number of para-hydroxylation sites is 2. The van der Waals surface area contributed by atoms with Crippen molar-refractivity contribution < 1.29 is 4.42 Å². The molecule has 2 aromatic heterocycles. The van der Waals surface area contributed by atoms with Crippen LogP contribution in [-0.4, -0.2) is 16.0 Å². The third-order valence-electron chi connectivity index (χ3n) is 3.10. The van der Waals surface area contributed by atoms with E-state index in [0.717, 1.165) is 33.7 Å². The highest BCUT2D eigenvalue weighted by Gasteiger charge is 2.10. The van der Waals surface area contributed by atoms with Gasteiger partial charge in [0.15, 0.2) is 5.58 Å². The molecular weight excluding hydrogens is 282 g/mol. The lowest BCUT2D eigenvalue weighted by atomic mass is 10.1. The molecule has 2 heterocycles. The highest BCUT2D eigenvalue weighted by Crippen LogP contribution is 2.30. The second-order valence-electron chi connectivity index (χ2n) is 5.20. The summed E-state index contributed by atoms with van der Waals surface area (Å²) < 4.78 is 5.71. The number of hydrogen-bond donors (Lipinski definition) is 1. The van der Waals surface area contributed by atoms with E-state index in [4.69, 9.17) is 10.2 Å². The molecule has 0 bridgehead atoms. The molecule has 1 aromatic carbocycles. The maximum absolute atomic E-state index is 5.82. The van der Waals surface area contributed by atoms with Crippen LogP contribution in [0.3, 0.4) is 0 Å². The SMILES string of the molecule is Cc1cc(CC(C)N)cnc1Sc1nc2ccccc2o1. The van der Waals surface area contributed by atoms with Gasteiger partial charge in [0.25, 0.3) is 5.22 Å². The van der Waals surface area contributed by atoms with E-state index in [1.54, 1.807) is 0 Å². The Balaban J connectivity index is 1.84. The highest BCUT2D eigenvalue weighted by atomic mass is 32.2. The Morgan fingerprint density at radius 2 is 2.14 bits per heavy atom. The van der Waals surface area contributed by atoms with Crippen molar-refractivity contribution in [3.05, 3.63) is 47.7 Å². The van der Waals surface area contributed by atoms with Crippen LogP contribution in [0.2, 0.25) is 0 Å². The fourth-order valence-electron chi connectivity index (χ4n) is 2.19. The van der Waals surface area contributed by atoms with E-state index in [2.05, 4.69) is 16.0 Å². The Morgan fingerprint density at radius 3 is 2.86 bits per heavy atom. The number of nitrogens with two attached hydrogens (primary N) is 1. The van der Waals surface area contributed by atoms with E-state index >= 15 is 0 Å². The first-order chi connectivity index (χ1) is 10.1. The van der Waals surface area contributed by atoms with E-state index in [-0.39, 0.29) is 6.04 Å². The van der Waals surface area contributed by atoms with Gasteiger partial charge in [-0.1, -0.05) is 18.2 Å². The first kappa shape index (κ1) is 14.1. The number of rotatable bonds is 4. The van der Waals surface area contributed by atoms with Crippen molar-refractivity contribution >= 4 is 22.9 Å². The third kappa shape index (κ3) is 3.25. The van der Waals surface area contributed by atoms with Gasteiger partial charge in [-0.05, 0) is 55.3 Å². The number of aromatic nitrogens is 2. The molecular formula is C16H17N3OS. The Kier molecular flexibility index (Phi) is 3.94. The molecule has 4 nitrogen and oxygen atoms in total. The maximum atomic E-state index is 5.82. The van der Waals surface area contributed by atoms with Crippen LogP contribution >= 0.6 is 11.8 Å². The molecule has 1 unspecified atom stereocenters. The monoisotopic (exact) mass is 299 g/mol. The predicted octanol–water partition coefficient (Wildman–Crippen LogP) is 3.57. The number of pyridine rings is 1. The molecule has 0 aliphatic rings. The molecule has 3 aromatic rings. The van der Waals surface area contributed by atoms with Gasteiger partial charge in [-0.15, -0.1) is 0 Å². The minimum atomic E-state index is 0.141. The summed E-state index contributed by atoms with van der Waals surface area (Å²) in [4.78, 5) is 8.96. The van der Waals surface area contributed by atoms with Crippen molar-refractivity contribution in [2.75, 3.05) is 0 Å². The lowest BCUT2D eigenvalue weighted by Crippen LogP contribution is -2.17. The fourth-order valence-corrected chi connectivity index (χ4v) is 2.95. The average molecular weight is 299 g/mol. The van der Waals surface area contributed by atoms with Crippen molar-refractivity contribution in [3.8, 4) is 0 Å². The second-order valence-corrected chi connectivity index (χ2v) is 6.14. The molecule has 108 valence electrons. The number of nitrogens with zero attached hydrogens (tertiary/aromatic N) is 2. The van der Waals surface area contributed by atoms with Crippen molar-refractivity contribution in [2.24, 2.45) is 5.73 Å². The minimum Gasteiger partial charge on any atom is -0.431 e. The van der Waals surface area contributed by atoms with Crippen LogP contribution in [0.4, 0.5) is 0 Å². The topological polar surface area (TPSA) is 64.9 Å². The van der Waals surface area contributed by atoms with Crippen LogP contribution in [0, 0.1) is 6.92 Å². The van der Waals surface area contributed by atoms with Crippen molar-refractivity contribution in [2.45, 2.75) is 36.6 Å². The summed E-state index contributed by atoms with van der Waals surface area (Å²) in [6.07, 6.45) is 2.71. The maximum Gasteiger partial charge on any atom is 0.263 e. The molecule has 21 heavy (non-hydrogen) atoms. The van der Waals surface area contributed by atoms with E-state index in [1.165, 1.54) is 11.8 Å². The largest absolute Gasteiger partial charge is 0.431 e. The summed E-state index contributed by atoms with van der Waals surface area (Å²) in [5.74, 6) is 0. The molecule has 3 rings (SSSR count). The summed E-state index contributed by atoms with van der Waals surface area (Å²) in [5.41, 5.74) is 9.75. The Hall–Kier alpha value is -1.85. The summed E-state index contributed by atoms with van der Waals surface area (Å²) in [6, 6.07) is 10.0. The third-order valence-corrected chi connectivity index (χ3v) is 4.07. The number of benzene rings is 1. The Morgan fingerprint density at radius 1 is 1.33 bits per heavy atom. The molecule has 0 fully saturated rings. The van der Waals surface area contributed by atoms with Crippen molar-refractivity contribution in [1.29, 1.82) is 0 Å². The molecule has 1 atom stereocenters. The lowest BCUT2D eigenvalue weighted by molar-refractivity contribution is 0.489. The molecule has 0 radical (unpaired) electrons. The van der Waals surface area contributed by atoms with Crippen LogP contribution in [-0.2, 0) is 6.42 Å². The zero-order valence-corrected chi connectivity index (χ0v) is 12.9. The number of fused-ring (bicyclic) bond motifs is 1. The number of aryl methyl sites for hydroxylation is 1. The van der Waals surface area contributed by atoms with Gasteiger partial charge in [0.1, 0.15) is 10.5 Å². The van der Waals surface area contributed by atoms with Gasteiger partial charge >= 0.3 is 0 Å². The van der Waals surface area contributed by atoms with Gasteiger partial charge in [-0.3, -0.25) is 0 Å². The van der Waals surface area contributed by atoms with Crippen LogP contribution in [0.5, 0.6) is 0 Å². The minimum absolute atomic E-state index is 0.141. The van der Waals surface area contributed by atoms with E-state index in [9.17, 15) is 0 Å². The molecule has 0 saturated heterocycles. The zero-order valence-electron chi connectivity index (χ0n) is 12.0. The molecule has 0 amide bonds. The van der Waals surface area contributed by atoms with Gasteiger partial charge in [-0.2, -0.15) is 0 Å². The van der Waals surface area contributed by atoms with Gasteiger partial charge < -0.3 is 10.2 Å². The quantitative estimate of drug-likeness (QED) is 0.797. The summed E-state index contributed by atoms with van der Waals surface area (Å²) >= 11 is 1.45. The smallest absolute Gasteiger partial charge is 0.263 e. The van der Waals surface area contributed by atoms with E-state index in [1.807, 2.05) is 44.3 Å². The normalized spacial score (nSPS) is 12.7. The standard InChI is InChI=1S/C16H17N3OS/c1-10-7-12(8-11(2)17)9-18-15(10)21-16-19-13-5-3-4-6-14(13)20-16/h3-7,9,11H,8,17H2,1-2H3. The molecule has 0 saturated carbocycles. The van der Waals surface area contributed by atoms with Crippen LogP contribution in [0.15, 0.2) is 51.2 Å². The van der Waals surface area contributed by atoms with Gasteiger partial charge in [-0.25, -0.2) is 9.97 Å². The first-order valence-electron chi connectivity index (χ1n) is 6.86. The van der Waals surface area contributed by atoms with Gasteiger partial charge in [0, 0.05) is 12.2 Å². The van der Waals surface area contributed by atoms with Crippen molar-refractivity contribution in [1.82, 2.24) is 9.97 Å². The molecule has 5 heteroatoms. The van der Waals surface area contributed by atoms with Crippen LogP contribution in [0.25, 0.3) is 11.1 Å². The molecule has 0 aliphatic heterocycles. The first-order valence-corrected chi connectivity index (χ1v) is 7.68.